The zero-order valence-electron chi connectivity index (χ0n) is 18.3. The summed E-state index contributed by atoms with van der Waals surface area (Å²) >= 11 is 3.16. The molecule has 2 heterocycles. The van der Waals surface area contributed by atoms with Gasteiger partial charge in [0.25, 0.3) is 0 Å². The Morgan fingerprint density at radius 3 is 2.56 bits per heavy atom. The summed E-state index contributed by atoms with van der Waals surface area (Å²) in [5, 5.41) is 4.12. The molecule has 10 heteroatoms. The molecular formula is C24H20F3N3O2S2. The number of nitrogens with zero attached hydrogens (tertiary/aromatic N) is 3. The van der Waals surface area contributed by atoms with Crippen molar-refractivity contribution in [1.29, 1.82) is 0 Å². The molecule has 5 nitrogen and oxygen atoms in total. The molecule has 34 heavy (non-hydrogen) atoms. The van der Waals surface area contributed by atoms with Gasteiger partial charge >= 0.3 is 12.1 Å². The number of aromatic nitrogens is 2. The third kappa shape index (κ3) is 5.07. The first-order valence-corrected chi connectivity index (χ1v) is 12.2. The zero-order valence-corrected chi connectivity index (χ0v) is 20.0. The highest BCUT2D eigenvalue weighted by molar-refractivity contribution is 7.98. The lowest BCUT2D eigenvalue weighted by atomic mass is 10.1. The van der Waals surface area contributed by atoms with Gasteiger partial charge in [-0.15, -0.1) is 28.0 Å². The van der Waals surface area contributed by atoms with E-state index in [0.717, 1.165) is 50.5 Å². The number of amides is 1. The van der Waals surface area contributed by atoms with Crippen molar-refractivity contribution in [3.05, 3.63) is 75.3 Å². The molecule has 0 aliphatic carbocycles. The first kappa shape index (κ1) is 24.2. The number of aryl methyl sites for hydroxylation is 2. The van der Waals surface area contributed by atoms with Crippen molar-refractivity contribution in [3.8, 4) is 10.6 Å². The summed E-state index contributed by atoms with van der Waals surface area (Å²) in [5.41, 5.74) is 2.83. The van der Waals surface area contributed by atoms with Gasteiger partial charge in [-0.05, 0) is 49.2 Å². The predicted octanol–water partition coefficient (Wildman–Crippen LogP) is 7.24. The maximum atomic E-state index is 12.9. The molecule has 4 aromatic rings. The fraction of sp³-hybridized carbons (Fsp3) is 0.250. The first-order valence-electron chi connectivity index (χ1n) is 10.4. The van der Waals surface area contributed by atoms with Crippen molar-refractivity contribution in [2.45, 2.75) is 43.6 Å². The van der Waals surface area contributed by atoms with Gasteiger partial charge < -0.3 is 4.57 Å². The summed E-state index contributed by atoms with van der Waals surface area (Å²) in [6.45, 7) is 3.90. The highest BCUT2D eigenvalue weighted by Gasteiger charge is 2.30. The van der Waals surface area contributed by atoms with Gasteiger partial charge in [-0.25, -0.2) is 4.98 Å². The Morgan fingerprint density at radius 1 is 1.18 bits per heavy atom. The lowest BCUT2D eigenvalue weighted by Gasteiger charge is -2.08. The van der Waals surface area contributed by atoms with Crippen molar-refractivity contribution >= 4 is 39.9 Å². The van der Waals surface area contributed by atoms with Gasteiger partial charge in [0.1, 0.15) is 11.6 Å². The van der Waals surface area contributed by atoms with E-state index in [-0.39, 0.29) is 6.54 Å². The third-order valence-corrected chi connectivity index (χ3v) is 7.92. The number of nitroso groups, excluding NO2 is 1. The average Bonchev–Trinajstić information content (AvgIpc) is 3.40. The molecule has 2 aromatic carbocycles. The minimum absolute atomic E-state index is 0.0909. The van der Waals surface area contributed by atoms with Crippen molar-refractivity contribution in [3.63, 3.8) is 0 Å². The summed E-state index contributed by atoms with van der Waals surface area (Å²) < 4.78 is 40.3. The van der Waals surface area contributed by atoms with Crippen molar-refractivity contribution in [2.24, 2.45) is 5.18 Å². The molecule has 2 aromatic heterocycles. The fourth-order valence-corrected chi connectivity index (χ4v) is 5.94. The lowest BCUT2D eigenvalue weighted by molar-refractivity contribution is -0.137. The molecule has 4 rings (SSSR count). The Bertz CT molecular complexity index is 1360. The second-order valence-electron chi connectivity index (χ2n) is 7.71. The van der Waals surface area contributed by atoms with Crippen LogP contribution in [-0.4, -0.2) is 15.5 Å². The summed E-state index contributed by atoms with van der Waals surface area (Å²) in [7, 11) is 0. The van der Waals surface area contributed by atoms with Crippen LogP contribution in [0.2, 0.25) is 0 Å². The van der Waals surface area contributed by atoms with E-state index in [1.807, 2.05) is 32.0 Å². The zero-order chi connectivity index (χ0) is 24.5. The van der Waals surface area contributed by atoms with E-state index in [4.69, 9.17) is 0 Å². The smallest absolute Gasteiger partial charge is 0.338 e. The Kier molecular flexibility index (Phi) is 6.90. The molecule has 0 radical (unpaired) electrons. The number of hydrogen-bond acceptors (Lipinski definition) is 5. The number of thioether (sulfide) groups is 1. The topological polar surface area (TPSA) is 64.3 Å². The number of benzene rings is 2. The van der Waals surface area contributed by atoms with Gasteiger partial charge in [-0.3, -0.25) is 4.79 Å². The van der Waals surface area contributed by atoms with Crippen LogP contribution >= 0.6 is 23.1 Å². The van der Waals surface area contributed by atoms with Crippen molar-refractivity contribution < 1.29 is 18.0 Å². The molecule has 0 bridgehead atoms. The maximum Gasteiger partial charge on any atom is 0.416 e. The highest BCUT2D eigenvalue weighted by Crippen LogP contribution is 2.37. The SMILES string of the molecule is CCc1nc(-c2ccc(C(F)(F)F)cc2)sc1CSc1cc2ccn(CC(=O)N=O)c2cc1C. The van der Waals surface area contributed by atoms with E-state index in [9.17, 15) is 22.9 Å². The number of hydrogen-bond donors (Lipinski definition) is 0. The standard InChI is InChI=1S/C24H20F3N3O2S2/c1-3-18-21(34-23(28-18)15-4-6-17(7-5-15)24(25,26)27)13-33-20-11-16-8-9-30(12-22(31)29-32)19(16)10-14(20)2/h4-11H,3,12-13H2,1-2H3. The van der Waals surface area contributed by atoms with Gasteiger partial charge in [-0.2, -0.15) is 13.2 Å². The molecule has 0 atom stereocenters. The highest BCUT2D eigenvalue weighted by atomic mass is 32.2. The summed E-state index contributed by atoms with van der Waals surface area (Å²) in [6, 6.07) is 11.0. The molecule has 0 unspecified atom stereocenters. The minimum Gasteiger partial charge on any atom is -0.338 e. The normalized spacial score (nSPS) is 11.8. The molecule has 0 saturated carbocycles. The number of carbonyl (C=O) groups is 1. The second-order valence-corrected chi connectivity index (χ2v) is 9.81. The average molecular weight is 504 g/mol. The van der Waals surface area contributed by atoms with Gasteiger partial charge in [-0.1, -0.05) is 19.1 Å². The molecular weight excluding hydrogens is 483 g/mol. The van der Waals surface area contributed by atoms with Gasteiger partial charge in [0.15, 0.2) is 0 Å². The molecule has 0 aliphatic heterocycles. The molecule has 176 valence electrons. The maximum absolute atomic E-state index is 12.9. The first-order chi connectivity index (χ1) is 16.2. The number of thiazole rings is 1. The summed E-state index contributed by atoms with van der Waals surface area (Å²) in [6.07, 6.45) is -1.87. The van der Waals surface area contributed by atoms with Crippen LogP contribution in [0.15, 0.2) is 58.7 Å². The van der Waals surface area contributed by atoms with Gasteiger partial charge in [0.2, 0.25) is 0 Å². The van der Waals surface area contributed by atoms with Crippen LogP contribution < -0.4 is 0 Å². The van der Waals surface area contributed by atoms with E-state index in [1.165, 1.54) is 23.5 Å². The minimum atomic E-state index is -4.36. The molecule has 0 fully saturated rings. The van der Waals surface area contributed by atoms with Crippen LogP contribution in [0.1, 0.15) is 28.6 Å². The molecule has 0 spiro atoms. The predicted molar refractivity (Wildman–Crippen MR) is 129 cm³/mol. The van der Waals surface area contributed by atoms with Gasteiger partial charge in [0, 0.05) is 43.4 Å². The third-order valence-electron chi connectivity index (χ3n) is 5.41. The Morgan fingerprint density at radius 2 is 1.91 bits per heavy atom. The number of rotatable bonds is 7. The van der Waals surface area contributed by atoms with Gasteiger partial charge in [0.05, 0.1) is 11.3 Å². The van der Waals surface area contributed by atoms with Crippen LogP contribution in [-0.2, 0) is 29.7 Å². The number of halogens is 3. The van der Waals surface area contributed by atoms with Crippen LogP contribution in [0.25, 0.3) is 21.5 Å². The van der Waals surface area contributed by atoms with Crippen LogP contribution in [0, 0.1) is 11.8 Å². The number of carbonyl (C=O) groups excluding carboxylic acids is 1. The van der Waals surface area contributed by atoms with Crippen molar-refractivity contribution in [1.82, 2.24) is 9.55 Å². The number of fused-ring (bicyclic) bond motifs is 1. The molecule has 0 aliphatic rings. The largest absolute Gasteiger partial charge is 0.416 e. The van der Waals surface area contributed by atoms with Crippen LogP contribution in [0.5, 0.6) is 0 Å². The summed E-state index contributed by atoms with van der Waals surface area (Å²) in [4.78, 5) is 28.7. The van der Waals surface area contributed by atoms with E-state index in [1.54, 1.807) is 22.5 Å². The second kappa shape index (κ2) is 9.71. The molecule has 0 saturated heterocycles. The van der Waals surface area contributed by atoms with Crippen LogP contribution in [0.3, 0.4) is 0 Å². The Balaban J connectivity index is 1.54. The summed E-state index contributed by atoms with van der Waals surface area (Å²) in [5.74, 6) is -0.0445. The van der Waals surface area contributed by atoms with Crippen LogP contribution in [0.4, 0.5) is 13.2 Å². The number of alkyl halides is 3. The Hall–Kier alpha value is -2.98. The monoisotopic (exact) mass is 503 g/mol. The molecule has 0 N–H and O–H groups in total. The quantitative estimate of drug-likeness (QED) is 0.197. The van der Waals surface area contributed by atoms with E-state index in [0.29, 0.717) is 16.3 Å². The van der Waals surface area contributed by atoms with Crippen molar-refractivity contribution in [2.75, 3.05) is 0 Å². The Labute approximate surface area is 202 Å². The van der Waals surface area contributed by atoms with E-state index >= 15 is 0 Å². The lowest BCUT2D eigenvalue weighted by Crippen LogP contribution is -2.05. The van der Waals surface area contributed by atoms with E-state index in [2.05, 4.69) is 10.2 Å². The van der Waals surface area contributed by atoms with E-state index < -0.39 is 17.6 Å². The molecule has 1 amide bonds. The fourth-order valence-electron chi connectivity index (χ4n) is 3.63.